The minimum absolute atomic E-state index is 0.0703. The summed E-state index contributed by atoms with van der Waals surface area (Å²) in [5.74, 6) is 0. The van der Waals surface area contributed by atoms with Crippen LogP contribution in [0.4, 0.5) is 5.69 Å². The van der Waals surface area contributed by atoms with Gasteiger partial charge in [0.05, 0.1) is 42.0 Å². The third-order valence-corrected chi connectivity index (χ3v) is 9.48. The first-order valence-corrected chi connectivity index (χ1v) is 22.3. The zero-order chi connectivity index (χ0) is 36.6. The van der Waals surface area contributed by atoms with E-state index < -0.39 is 8.60 Å². The maximum atomic E-state index is 11.1. The fourth-order valence-electron chi connectivity index (χ4n) is 4.92. The van der Waals surface area contributed by atoms with Crippen LogP contribution in [0.5, 0.6) is 0 Å². The van der Waals surface area contributed by atoms with E-state index in [1.165, 1.54) is 11.5 Å². The molecule has 0 atom stereocenters. The molecule has 0 unspecified atom stereocenters. The molecule has 3 aromatic heterocycles. The number of halogens is 4. The van der Waals surface area contributed by atoms with Gasteiger partial charge < -0.3 is 27.4 Å². The first-order chi connectivity index (χ1) is 24.4. The van der Waals surface area contributed by atoms with Crippen LogP contribution in [0.1, 0.15) is 20.8 Å². The number of H-pyrrole nitrogens is 1. The molecule has 0 amide bonds. The number of benzene rings is 4. The molecule has 50 heavy (non-hydrogen) atoms. The molecule has 266 valence electrons. The molecule has 7 rings (SSSR count). The lowest BCUT2D eigenvalue weighted by Crippen LogP contribution is -1.94. The normalized spacial score (nSPS) is 10.5. The number of nitrogens with one attached hydrogen (secondary N) is 1. The second-order valence-corrected chi connectivity index (χ2v) is 12.5. The number of alkyl halides is 2. The quantitative estimate of drug-likeness (QED) is 0.0530. The molecule has 3 heterocycles. The lowest BCUT2D eigenvalue weighted by Gasteiger charge is -2.12. The molecule has 0 aliphatic rings. The molecule has 4 aromatic carbocycles. The highest BCUT2D eigenvalue weighted by atomic mass is 127. The summed E-state index contributed by atoms with van der Waals surface area (Å²) in [6, 6.07) is 26.5. The second-order valence-electron chi connectivity index (χ2n) is 9.60. The number of furan rings is 2. The zero-order valence-electron chi connectivity index (χ0n) is 28.0. The average Bonchev–Trinajstić information content (AvgIpc) is 3.84. The molecule has 14 heteroatoms. The highest BCUT2D eigenvalue weighted by molar-refractivity contribution is 14.1. The number of rotatable bonds is 8. The lowest BCUT2D eigenvalue weighted by molar-refractivity contribution is -0.384. The van der Waals surface area contributed by atoms with Crippen molar-refractivity contribution in [2.45, 2.75) is 20.8 Å². The molecule has 0 bridgehead atoms. The minimum atomic E-state index is -1.06. The molecule has 0 spiro atoms. The molecule has 0 aliphatic heterocycles. The van der Waals surface area contributed by atoms with Gasteiger partial charge in [-0.2, -0.15) is 0 Å². The first-order valence-electron chi connectivity index (χ1n) is 15.3. The van der Waals surface area contributed by atoms with E-state index in [4.69, 9.17) is 22.4 Å². The van der Waals surface area contributed by atoms with Crippen molar-refractivity contribution in [3.63, 3.8) is 0 Å². The summed E-state index contributed by atoms with van der Waals surface area (Å²) in [6.07, 6.45) is 1.55. The lowest BCUT2D eigenvalue weighted by atomic mass is 10.0. The van der Waals surface area contributed by atoms with E-state index in [1.54, 1.807) is 24.5 Å². The van der Waals surface area contributed by atoms with Gasteiger partial charge in [0.2, 0.25) is 5.71 Å². The van der Waals surface area contributed by atoms with Crippen LogP contribution in [0.3, 0.4) is 0 Å². The fraction of sp³-hybridized carbons (Fsp3) is 0.222. The van der Waals surface area contributed by atoms with Gasteiger partial charge in [-0.15, -0.1) is 0 Å². The van der Waals surface area contributed by atoms with Crippen molar-refractivity contribution in [1.82, 2.24) is 4.98 Å². The molecule has 0 radical (unpaired) electrons. The van der Waals surface area contributed by atoms with Crippen LogP contribution in [0, 0.1) is 10.1 Å². The van der Waals surface area contributed by atoms with Gasteiger partial charge in [-0.3, -0.25) is 10.1 Å². The summed E-state index contributed by atoms with van der Waals surface area (Å²) in [5.41, 5.74) is 4.90. The van der Waals surface area contributed by atoms with Gasteiger partial charge >= 0.3 is 8.60 Å². The fourth-order valence-corrected chi connectivity index (χ4v) is 6.88. The molecule has 9 nitrogen and oxygen atoms in total. The van der Waals surface area contributed by atoms with E-state index in [-0.39, 0.29) is 10.6 Å². The molecule has 0 fully saturated rings. The number of para-hydroxylation sites is 2. The van der Waals surface area contributed by atoms with Crippen LogP contribution in [0.15, 0.2) is 109 Å². The van der Waals surface area contributed by atoms with Crippen LogP contribution in [0.25, 0.3) is 55.1 Å². The number of nitro benzene ring substituents is 1. The van der Waals surface area contributed by atoms with Gasteiger partial charge in [0, 0.05) is 42.3 Å². The standard InChI is InChI=1S/C14H8BrNO3.C14H8BrNO.C6H15O3P.2CH3I/c15-11-5-3-7-13-14(11)10(8-19-13)9-4-1-2-6-12(9)16(17)18;15-9-5-3-7-11-13(9)12-8-4-1-2-6-10(8)16-14(12)17-11;1-4-7-10(8-5-2)9-6-3;2*1-2/h1-8H;1-7,16H;4-6H2,1-3H3;2*1H3. The van der Waals surface area contributed by atoms with Crippen molar-refractivity contribution in [3.05, 3.63) is 110 Å². The van der Waals surface area contributed by atoms with Crippen molar-refractivity contribution in [2.75, 3.05) is 29.7 Å². The predicted molar refractivity (Wildman–Crippen MR) is 231 cm³/mol. The van der Waals surface area contributed by atoms with E-state index in [9.17, 15) is 10.1 Å². The van der Waals surface area contributed by atoms with Crippen LogP contribution in [0.2, 0.25) is 0 Å². The van der Waals surface area contributed by atoms with Gasteiger partial charge in [0.1, 0.15) is 11.2 Å². The molecule has 0 saturated carbocycles. The Morgan fingerprint density at radius 3 is 1.90 bits per heavy atom. The molecule has 1 N–H and O–H groups in total. The Labute approximate surface area is 336 Å². The van der Waals surface area contributed by atoms with Crippen molar-refractivity contribution in [1.29, 1.82) is 0 Å². The minimum Gasteiger partial charge on any atom is -0.464 e. The van der Waals surface area contributed by atoms with Crippen LogP contribution >= 0.6 is 85.6 Å². The highest BCUT2D eigenvalue weighted by Gasteiger charge is 2.19. The SMILES string of the molecule is Brc1cccc2oc3[nH]c4ccccc4c3c12.CCOP(OCC)OCC.CI.CI.O=[N+]([O-])c1ccccc1-c1coc2cccc(Br)c12. The Bertz CT molecular complexity index is 2090. The van der Waals surface area contributed by atoms with Crippen LogP contribution < -0.4 is 0 Å². The molecule has 0 saturated heterocycles. The Morgan fingerprint density at radius 1 is 0.720 bits per heavy atom. The number of hydrogen-bond acceptors (Lipinski definition) is 7. The number of aromatic amines is 1. The third-order valence-electron chi connectivity index (χ3n) is 6.75. The number of aromatic nitrogens is 1. The van der Waals surface area contributed by atoms with Crippen molar-refractivity contribution < 1.29 is 27.3 Å². The van der Waals surface area contributed by atoms with Crippen molar-refractivity contribution >= 4 is 135 Å². The van der Waals surface area contributed by atoms with E-state index in [0.717, 1.165) is 47.5 Å². The Morgan fingerprint density at radius 2 is 1.28 bits per heavy atom. The average molecular weight is 1050 g/mol. The molecule has 0 aliphatic carbocycles. The van der Waals surface area contributed by atoms with Gasteiger partial charge in [-0.1, -0.05) is 120 Å². The summed E-state index contributed by atoms with van der Waals surface area (Å²) in [7, 11) is -1.06. The van der Waals surface area contributed by atoms with Gasteiger partial charge in [0.25, 0.3) is 5.69 Å². The molecule has 7 aromatic rings. The largest absolute Gasteiger partial charge is 0.464 e. The summed E-state index contributed by atoms with van der Waals surface area (Å²) >= 11 is 11.3. The summed E-state index contributed by atoms with van der Waals surface area (Å²) in [5, 5.41) is 15.4. The van der Waals surface area contributed by atoms with E-state index in [1.807, 2.05) is 79.2 Å². The number of hydrogen-bond donors (Lipinski definition) is 1. The van der Waals surface area contributed by atoms with Gasteiger partial charge in [-0.25, -0.2) is 0 Å². The summed E-state index contributed by atoms with van der Waals surface area (Å²) < 4.78 is 28.7. The highest BCUT2D eigenvalue weighted by Crippen LogP contribution is 2.40. The Hall–Kier alpha value is -2.11. The number of nitrogens with zero attached hydrogens (tertiary/aromatic N) is 1. The summed E-state index contributed by atoms with van der Waals surface area (Å²) in [6.45, 7) is 7.71. The van der Waals surface area contributed by atoms with Crippen molar-refractivity contribution in [3.8, 4) is 11.1 Å². The predicted octanol–water partition coefficient (Wildman–Crippen LogP) is 14.0. The Balaban J connectivity index is 0.000000202. The second kappa shape index (κ2) is 22.1. The molecular weight excluding hydrogens is 1020 g/mol. The number of fused-ring (bicyclic) bond motifs is 6. The molecular formula is C36H37Br2I2N2O7P. The van der Waals surface area contributed by atoms with E-state index in [0.29, 0.717) is 31.0 Å². The van der Waals surface area contributed by atoms with E-state index in [2.05, 4.69) is 94.2 Å². The van der Waals surface area contributed by atoms with E-state index >= 15 is 0 Å². The number of nitro groups is 1. The van der Waals surface area contributed by atoms with Crippen LogP contribution in [-0.4, -0.2) is 39.6 Å². The van der Waals surface area contributed by atoms with Gasteiger partial charge in [0.15, 0.2) is 0 Å². The summed E-state index contributed by atoms with van der Waals surface area (Å²) in [4.78, 5) is 18.0. The van der Waals surface area contributed by atoms with Crippen LogP contribution in [-0.2, 0) is 13.6 Å². The third kappa shape index (κ3) is 10.5. The topological polar surface area (TPSA) is 113 Å². The van der Waals surface area contributed by atoms with Gasteiger partial charge in [-0.05, 0) is 67.0 Å². The van der Waals surface area contributed by atoms with Crippen molar-refractivity contribution in [2.24, 2.45) is 0 Å². The maximum Gasteiger partial charge on any atom is 0.332 e. The maximum absolute atomic E-state index is 11.1. The first kappa shape index (κ1) is 42.3. The monoisotopic (exact) mass is 1050 g/mol. The zero-order valence-corrected chi connectivity index (χ0v) is 36.4. The smallest absolute Gasteiger partial charge is 0.332 e. The Kier molecular flexibility index (Phi) is 18.7.